The molecule has 5 heteroatoms. The van der Waals surface area contributed by atoms with Crippen LogP contribution < -0.4 is 0 Å². The molecule has 3 rings (SSSR count). The van der Waals surface area contributed by atoms with Crippen molar-refractivity contribution in [2.45, 2.75) is 6.42 Å². The van der Waals surface area contributed by atoms with Gasteiger partial charge in [-0.3, -0.25) is 9.78 Å². The number of aromatic nitrogens is 2. The van der Waals surface area contributed by atoms with Crippen molar-refractivity contribution >= 4 is 43.3 Å². The number of benzene rings is 1. The van der Waals surface area contributed by atoms with Gasteiger partial charge >= 0.3 is 0 Å². The van der Waals surface area contributed by atoms with Gasteiger partial charge in [-0.1, -0.05) is 12.1 Å². The highest BCUT2D eigenvalue weighted by Crippen LogP contribution is 2.22. The number of rotatable bonds is 3. The molecule has 0 aliphatic carbocycles. The second-order valence-corrected chi connectivity index (χ2v) is 6.07. The molecule has 3 nitrogen and oxygen atoms in total. The molecule has 2 heterocycles. The van der Waals surface area contributed by atoms with Gasteiger partial charge in [0.25, 0.3) is 0 Å². The molecule has 1 aromatic carbocycles. The van der Waals surface area contributed by atoms with Crippen LogP contribution in [-0.4, -0.2) is 15.8 Å². The summed E-state index contributed by atoms with van der Waals surface area (Å²) in [5.74, 6) is -0.00782. The number of carbonyl (C=O) groups excluding carboxylic acids is 1. The van der Waals surface area contributed by atoms with Crippen molar-refractivity contribution in [1.82, 2.24) is 9.97 Å². The molecule has 0 bridgehead atoms. The van der Waals surface area contributed by atoms with Crippen LogP contribution in [0.2, 0.25) is 0 Å². The minimum absolute atomic E-state index is 0.00782. The molecule has 0 aliphatic rings. The first kappa shape index (κ1) is 12.4. The lowest BCUT2D eigenvalue weighted by Gasteiger charge is -1.97. The van der Waals surface area contributed by atoms with Crippen molar-refractivity contribution in [3.05, 3.63) is 57.8 Å². The zero-order valence-electron chi connectivity index (χ0n) is 9.84. The molecular weight excluding hydrogens is 324 g/mol. The van der Waals surface area contributed by atoms with Gasteiger partial charge in [0, 0.05) is 10.7 Å². The maximum absolute atomic E-state index is 12.1. The standard InChI is InChI=1S/C14H9BrN2OS/c15-9-5-6-10(16-8-9)12(18)7-14-17-11-3-1-2-4-13(11)19-14/h1-6,8H,7H2. The topological polar surface area (TPSA) is 42.9 Å². The fourth-order valence-corrected chi connectivity index (χ4v) is 2.96. The molecular formula is C14H9BrN2OS. The fourth-order valence-electron chi connectivity index (χ4n) is 1.76. The van der Waals surface area contributed by atoms with Crippen molar-refractivity contribution in [3.63, 3.8) is 0 Å². The Kier molecular flexibility index (Phi) is 3.40. The van der Waals surface area contributed by atoms with Gasteiger partial charge in [-0.25, -0.2) is 4.98 Å². The van der Waals surface area contributed by atoms with Gasteiger partial charge < -0.3 is 0 Å². The van der Waals surface area contributed by atoms with E-state index in [0.29, 0.717) is 12.1 Å². The van der Waals surface area contributed by atoms with Gasteiger partial charge in [0.15, 0.2) is 5.78 Å². The minimum Gasteiger partial charge on any atom is -0.292 e. The molecule has 94 valence electrons. The van der Waals surface area contributed by atoms with E-state index in [0.717, 1.165) is 19.7 Å². The van der Waals surface area contributed by atoms with Gasteiger partial charge in [0.2, 0.25) is 0 Å². The van der Waals surface area contributed by atoms with Gasteiger partial charge in [0.1, 0.15) is 10.7 Å². The first-order valence-corrected chi connectivity index (χ1v) is 7.32. The molecule has 0 spiro atoms. The number of carbonyl (C=O) groups is 1. The van der Waals surface area contributed by atoms with E-state index in [9.17, 15) is 4.79 Å². The van der Waals surface area contributed by atoms with Crippen molar-refractivity contribution < 1.29 is 4.79 Å². The van der Waals surface area contributed by atoms with Crippen molar-refractivity contribution in [3.8, 4) is 0 Å². The van der Waals surface area contributed by atoms with Gasteiger partial charge in [0.05, 0.1) is 16.6 Å². The van der Waals surface area contributed by atoms with Crippen LogP contribution in [0.1, 0.15) is 15.5 Å². The highest BCUT2D eigenvalue weighted by molar-refractivity contribution is 9.10. The van der Waals surface area contributed by atoms with E-state index in [1.807, 2.05) is 30.3 Å². The molecule has 19 heavy (non-hydrogen) atoms. The second-order valence-electron chi connectivity index (χ2n) is 4.04. The molecule has 3 aromatic rings. The lowest BCUT2D eigenvalue weighted by Crippen LogP contribution is -2.05. The molecule has 0 saturated carbocycles. The summed E-state index contributed by atoms with van der Waals surface area (Å²) in [6.07, 6.45) is 1.93. The predicted molar refractivity (Wildman–Crippen MR) is 79.6 cm³/mol. The smallest absolute Gasteiger partial charge is 0.187 e. The number of fused-ring (bicyclic) bond motifs is 1. The molecule has 0 N–H and O–H groups in total. The van der Waals surface area contributed by atoms with Crippen molar-refractivity contribution in [2.75, 3.05) is 0 Å². The highest BCUT2D eigenvalue weighted by atomic mass is 79.9. The molecule has 0 radical (unpaired) electrons. The largest absolute Gasteiger partial charge is 0.292 e. The third-order valence-electron chi connectivity index (χ3n) is 2.66. The first-order valence-electron chi connectivity index (χ1n) is 5.71. The number of nitrogens with zero attached hydrogens (tertiary/aromatic N) is 2. The summed E-state index contributed by atoms with van der Waals surface area (Å²) in [5.41, 5.74) is 1.42. The third kappa shape index (κ3) is 2.72. The van der Waals surface area contributed by atoms with Gasteiger partial charge in [-0.05, 0) is 40.2 Å². The average Bonchev–Trinajstić information content (AvgIpc) is 2.81. The van der Waals surface area contributed by atoms with Crippen LogP contribution in [0.25, 0.3) is 10.2 Å². The second kappa shape index (κ2) is 5.19. The summed E-state index contributed by atoms with van der Waals surface area (Å²) >= 11 is 4.86. The minimum atomic E-state index is -0.00782. The van der Waals surface area contributed by atoms with E-state index < -0.39 is 0 Å². The third-order valence-corrected chi connectivity index (χ3v) is 4.17. The average molecular weight is 333 g/mol. The van der Waals surface area contributed by atoms with Crippen molar-refractivity contribution in [2.24, 2.45) is 0 Å². The van der Waals surface area contributed by atoms with Gasteiger partial charge in [-0.15, -0.1) is 11.3 Å². The van der Waals surface area contributed by atoms with Crippen LogP contribution >= 0.6 is 27.3 Å². The Balaban J connectivity index is 1.84. The SMILES string of the molecule is O=C(Cc1nc2ccccc2s1)c1ccc(Br)cn1. The Labute approximate surface area is 122 Å². The van der Waals surface area contributed by atoms with Crippen LogP contribution in [0.15, 0.2) is 47.1 Å². The molecule has 0 fully saturated rings. The number of pyridine rings is 1. The summed E-state index contributed by atoms with van der Waals surface area (Å²) in [7, 11) is 0. The van der Waals surface area contributed by atoms with E-state index >= 15 is 0 Å². The Morgan fingerprint density at radius 2 is 2.05 bits per heavy atom. The number of hydrogen-bond acceptors (Lipinski definition) is 4. The van der Waals surface area contributed by atoms with Gasteiger partial charge in [-0.2, -0.15) is 0 Å². The van der Waals surface area contributed by atoms with E-state index in [1.165, 1.54) is 0 Å². The molecule has 2 aromatic heterocycles. The fraction of sp³-hybridized carbons (Fsp3) is 0.0714. The van der Waals surface area contributed by atoms with Crippen LogP contribution in [-0.2, 0) is 6.42 Å². The van der Waals surface area contributed by atoms with Crippen LogP contribution in [0.3, 0.4) is 0 Å². The van der Waals surface area contributed by atoms with E-state index in [2.05, 4.69) is 25.9 Å². The number of para-hydroxylation sites is 1. The van der Waals surface area contributed by atoms with E-state index in [1.54, 1.807) is 23.6 Å². The molecule has 0 saturated heterocycles. The Morgan fingerprint density at radius 3 is 2.79 bits per heavy atom. The summed E-state index contributed by atoms with van der Waals surface area (Å²) < 4.78 is 1.97. The predicted octanol–water partition coefficient (Wildman–Crippen LogP) is 3.88. The van der Waals surface area contributed by atoms with Crippen LogP contribution in [0.5, 0.6) is 0 Å². The van der Waals surface area contributed by atoms with E-state index in [-0.39, 0.29) is 5.78 Å². The Bertz CT molecular complexity index is 704. The maximum atomic E-state index is 12.1. The monoisotopic (exact) mass is 332 g/mol. The zero-order valence-corrected chi connectivity index (χ0v) is 12.2. The zero-order chi connectivity index (χ0) is 13.2. The lowest BCUT2D eigenvalue weighted by molar-refractivity contribution is 0.0988. The first-order chi connectivity index (χ1) is 9.22. The maximum Gasteiger partial charge on any atom is 0.187 e. The van der Waals surface area contributed by atoms with E-state index in [4.69, 9.17) is 0 Å². The summed E-state index contributed by atoms with van der Waals surface area (Å²) in [6, 6.07) is 11.4. The summed E-state index contributed by atoms with van der Waals surface area (Å²) in [5, 5.41) is 0.830. The quantitative estimate of drug-likeness (QED) is 0.683. The molecule has 0 aliphatic heterocycles. The molecule has 0 unspecified atom stereocenters. The lowest BCUT2D eigenvalue weighted by atomic mass is 10.2. The summed E-state index contributed by atoms with van der Waals surface area (Å²) in [4.78, 5) is 20.7. The van der Waals surface area contributed by atoms with Crippen LogP contribution in [0.4, 0.5) is 0 Å². The number of Topliss-reactive ketones (excluding diaryl/α,β-unsaturated/α-hetero) is 1. The number of thiazole rings is 1. The van der Waals surface area contributed by atoms with Crippen molar-refractivity contribution in [1.29, 1.82) is 0 Å². The number of halogens is 1. The Morgan fingerprint density at radius 1 is 1.21 bits per heavy atom. The normalized spacial score (nSPS) is 10.8. The number of hydrogen-bond donors (Lipinski definition) is 0. The Hall–Kier alpha value is -1.59. The molecule has 0 amide bonds. The van der Waals surface area contributed by atoms with Crippen LogP contribution in [0, 0.1) is 0 Å². The summed E-state index contributed by atoms with van der Waals surface area (Å²) in [6.45, 7) is 0. The number of ketones is 1. The highest BCUT2D eigenvalue weighted by Gasteiger charge is 2.11. The molecule has 0 atom stereocenters.